The fourth-order valence-electron chi connectivity index (χ4n) is 6.25. The van der Waals surface area contributed by atoms with Crippen LogP contribution in [0.5, 0.6) is 5.75 Å². The van der Waals surface area contributed by atoms with E-state index in [9.17, 15) is 41.0 Å². The van der Waals surface area contributed by atoms with Crippen molar-refractivity contribution in [2.24, 2.45) is 0 Å². The van der Waals surface area contributed by atoms with Crippen molar-refractivity contribution in [2.75, 3.05) is 38.8 Å². The van der Waals surface area contributed by atoms with Crippen molar-refractivity contribution in [1.82, 2.24) is 20.0 Å². The highest BCUT2D eigenvalue weighted by atomic mass is 19.4. The lowest BCUT2D eigenvalue weighted by atomic mass is 9.88. The molecule has 0 saturated heterocycles. The van der Waals surface area contributed by atoms with E-state index in [0.29, 0.717) is 43.8 Å². The molecule has 53 heavy (non-hydrogen) atoms. The minimum atomic E-state index is -5.00. The first-order chi connectivity index (χ1) is 25.0. The summed E-state index contributed by atoms with van der Waals surface area (Å²) in [7, 11) is 1.42. The largest absolute Gasteiger partial charge is 0.509 e. The van der Waals surface area contributed by atoms with Gasteiger partial charge in [0.15, 0.2) is 11.6 Å². The lowest BCUT2D eigenvalue weighted by Crippen LogP contribution is -2.62. The van der Waals surface area contributed by atoms with Gasteiger partial charge in [-0.05, 0) is 43.2 Å². The quantitative estimate of drug-likeness (QED) is 0.112. The summed E-state index contributed by atoms with van der Waals surface area (Å²) < 4.78 is 122. The number of hydrazine groups is 1. The Balaban J connectivity index is 1.47. The number of aliphatic hydroxyl groups excluding tert-OH is 2. The van der Waals surface area contributed by atoms with E-state index in [4.69, 9.17) is 14.6 Å². The number of anilines is 1. The van der Waals surface area contributed by atoms with Crippen LogP contribution < -0.4 is 10.1 Å². The number of hydrogen-bond donors (Lipinski definition) is 3. The van der Waals surface area contributed by atoms with Gasteiger partial charge in [0.05, 0.1) is 48.8 Å². The summed E-state index contributed by atoms with van der Waals surface area (Å²) in [5.41, 5.74) is -7.06. The zero-order chi connectivity index (χ0) is 38.7. The average Bonchev–Trinajstić information content (AvgIpc) is 3.61. The van der Waals surface area contributed by atoms with Crippen molar-refractivity contribution in [3.05, 3.63) is 82.5 Å². The SMILES string of the molecule is CN1N(Cc2ccc(OCCCOCCO)c(F)c2F)C(=O)C(C(=O)Nc2ccc(C(F)(F)F)cc2-c2cc(C(F)(F)F)ncn2)=C(O)C12CCCC2. The minimum absolute atomic E-state index is 0.0408. The molecule has 1 fully saturated rings. The number of carbonyl (C=O) groups excluding carboxylic acids is 2. The Morgan fingerprint density at radius 2 is 1.68 bits per heavy atom. The molecule has 1 aliphatic heterocycles. The first-order valence-electron chi connectivity index (χ1n) is 16.2. The van der Waals surface area contributed by atoms with Gasteiger partial charge in [-0.1, -0.05) is 18.9 Å². The molecule has 0 radical (unpaired) electrons. The van der Waals surface area contributed by atoms with Gasteiger partial charge in [0.25, 0.3) is 11.8 Å². The highest BCUT2D eigenvalue weighted by Gasteiger charge is 2.53. The number of ether oxygens (including phenoxy) is 2. The van der Waals surface area contributed by atoms with E-state index >= 15 is 8.78 Å². The molecule has 11 nitrogen and oxygen atoms in total. The average molecular weight is 760 g/mol. The summed E-state index contributed by atoms with van der Waals surface area (Å²) in [6.07, 6.45) is -7.66. The number of alkyl halides is 6. The van der Waals surface area contributed by atoms with Crippen LogP contribution >= 0.6 is 0 Å². The maximum Gasteiger partial charge on any atom is 0.433 e. The van der Waals surface area contributed by atoms with Gasteiger partial charge in [0.1, 0.15) is 23.4 Å². The van der Waals surface area contributed by atoms with Crippen LogP contribution in [0, 0.1) is 11.6 Å². The van der Waals surface area contributed by atoms with Gasteiger partial charge in [0, 0.05) is 31.2 Å². The number of aliphatic hydroxyl groups is 2. The van der Waals surface area contributed by atoms with E-state index in [2.05, 4.69) is 15.3 Å². The van der Waals surface area contributed by atoms with Gasteiger partial charge < -0.3 is 25.0 Å². The van der Waals surface area contributed by atoms with Crippen LogP contribution in [0.2, 0.25) is 0 Å². The number of nitrogens with one attached hydrogen (secondary N) is 1. The first kappa shape index (κ1) is 39.3. The minimum Gasteiger partial charge on any atom is -0.509 e. The molecule has 2 heterocycles. The van der Waals surface area contributed by atoms with Gasteiger partial charge >= 0.3 is 12.4 Å². The van der Waals surface area contributed by atoms with Gasteiger partial charge in [-0.3, -0.25) is 14.6 Å². The molecule has 3 N–H and O–H groups in total. The van der Waals surface area contributed by atoms with Crippen LogP contribution in [0.4, 0.5) is 40.8 Å². The Hall–Kier alpha value is -4.88. The van der Waals surface area contributed by atoms with Crippen LogP contribution in [-0.2, 0) is 33.2 Å². The van der Waals surface area contributed by atoms with E-state index in [1.54, 1.807) is 0 Å². The molecule has 5 rings (SSSR count). The summed E-state index contributed by atoms with van der Waals surface area (Å²) in [6, 6.07) is 4.47. The highest BCUT2D eigenvalue weighted by Crippen LogP contribution is 2.45. The fourth-order valence-corrected chi connectivity index (χ4v) is 6.25. The first-order valence-corrected chi connectivity index (χ1v) is 16.2. The summed E-state index contributed by atoms with van der Waals surface area (Å²) in [4.78, 5) is 34.6. The van der Waals surface area contributed by atoms with Crippen molar-refractivity contribution >= 4 is 17.5 Å². The molecule has 0 atom stereocenters. The van der Waals surface area contributed by atoms with Crippen molar-refractivity contribution in [3.8, 4) is 17.0 Å². The van der Waals surface area contributed by atoms with Gasteiger partial charge in [0.2, 0.25) is 5.82 Å². The summed E-state index contributed by atoms with van der Waals surface area (Å²) in [5, 5.41) is 24.7. The number of likely N-dealkylation sites (N-methyl/N-ethyl adjacent to an activating group) is 1. The summed E-state index contributed by atoms with van der Waals surface area (Å²) in [5.74, 6) is -6.33. The number of rotatable bonds is 12. The van der Waals surface area contributed by atoms with Gasteiger partial charge in [-0.15, -0.1) is 0 Å². The van der Waals surface area contributed by atoms with Crippen LogP contribution in [0.15, 0.2) is 54.1 Å². The molecule has 1 aromatic heterocycles. The standard InChI is InChI=1S/C34H33F8N5O6/c1-46-32(9-2-3-10-32)29(49)26(31(51)47(46)17-19-5-8-24(28(36)27(19)35)53-13-4-12-52-14-11-48)30(50)45-22-7-6-20(33(37,38)39)15-21(22)23-16-25(34(40,41)42)44-18-43-23/h5-8,15-16,18,48-49H,2-4,9-14,17H2,1H3,(H,45,50). The second-order valence-corrected chi connectivity index (χ2v) is 12.2. The molecule has 1 spiro atoms. The second-order valence-electron chi connectivity index (χ2n) is 12.2. The van der Waals surface area contributed by atoms with Crippen molar-refractivity contribution in [3.63, 3.8) is 0 Å². The number of hydrogen-bond acceptors (Lipinski definition) is 9. The number of amides is 2. The number of carbonyl (C=O) groups is 2. The molecule has 2 amide bonds. The Morgan fingerprint density at radius 3 is 2.34 bits per heavy atom. The van der Waals surface area contributed by atoms with Crippen LogP contribution in [0.1, 0.15) is 48.9 Å². The van der Waals surface area contributed by atoms with Crippen LogP contribution in [0.3, 0.4) is 0 Å². The molecule has 1 saturated carbocycles. The van der Waals surface area contributed by atoms with Crippen LogP contribution in [-0.4, -0.2) is 81.0 Å². The molecule has 3 aromatic rings. The number of halogens is 8. The topological polar surface area (TPSA) is 137 Å². The van der Waals surface area contributed by atoms with Crippen molar-refractivity contribution in [2.45, 2.75) is 56.5 Å². The maximum absolute atomic E-state index is 15.4. The number of nitrogens with zero attached hydrogens (tertiary/aromatic N) is 4. The zero-order valence-electron chi connectivity index (χ0n) is 28.0. The molecule has 1 aliphatic carbocycles. The Labute approximate surface area is 296 Å². The van der Waals surface area contributed by atoms with E-state index < -0.39 is 93.2 Å². The van der Waals surface area contributed by atoms with Crippen molar-refractivity contribution < 1.29 is 64.4 Å². The Morgan fingerprint density at radius 1 is 0.962 bits per heavy atom. The van der Waals surface area contributed by atoms with E-state index in [1.165, 1.54) is 18.1 Å². The third-order valence-electron chi connectivity index (χ3n) is 8.97. The normalized spacial score (nSPS) is 16.5. The molecule has 2 aromatic carbocycles. The lowest BCUT2D eigenvalue weighted by molar-refractivity contribution is -0.163. The smallest absolute Gasteiger partial charge is 0.433 e. The van der Waals surface area contributed by atoms with Crippen LogP contribution in [0.25, 0.3) is 11.3 Å². The third kappa shape index (κ3) is 8.21. The maximum atomic E-state index is 15.4. The fraction of sp³-hybridized carbons (Fsp3) is 0.412. The number of aromatic nitrogens is 2. The monoisotopic (exact) mass is 759 g/mol. The Kier molecular flexibility index (Phi) is 11.6. The summed E-state index contributed by atoms with van der Waals surface area (Å²) in [6.45, 7) is -0.556. The molecule has 0 bridgehead atoms. The van der Waals surface area contributed by atoms with E-state index in [1.807, 2.05) is 0 Å². The lowest BCUT2D eigenvalue weighted by Gasteiger charge is -2.48. The van der Waals surface area contributed by atoms with Gasteiger partial charge in [-0.25, -0.2) is 19.4 Å². The molecular formula is C34H33F8N5O6. The van der Waals surface area contributed by atoms with E-state index in [0.717, 1.165) is 17.1 Å². The highest BCUT2D eigenvalue weighted by molar-refractivity contribution is 6.24. The van der Waals surface area contributed by atoms with E-state index in [-0.39, 0.29) is 44.8 Å². The van der Waals surface area contributed by atoms with Gasteiger partial charge in [-0.2, -0.15) is 30.7 Å². The zero-order valence-corrected chi connectivity index (χ0v) is 28.0. The molecule has 0 unspecified atom stereocenters. The van der Waals surface area contributed by atoms with Crippen molar-refractivity contribution in [1.29, 1.82) is 0 Å². The molecular weight excluding hydrogens is 726 g/mol. The molecule has 2 aliphatic rings. The molecule has 19 heteroatoms. The molecule has 286 valence electrons. The second kappa shape index (κ2) is 15.6. The predicted octanol–water partition coefficient (Wildman–Crippen LogP) is 6.19. The third-order valence-corrected chi connectivity index (χ3v) is 8.97. The predicted molar refractivity (Wildman–Crippen MR) is 170 cm³/mol. The summed E-state index contributed by atoms with van der Waals surface area (Å²) >= 11 is 0. The Bertz CT molecular complexity index is 1880. The number of benzene rings is 2.